The van der Waals surface area contributed by atoms with Crippen LogP contribution in [0.5, 0.6) is 0 Å². The smallest absolute Gasteiger partial charge is 0.410 e. The predicted octanol–water partition coefficient (Wildman–Crippen LogP) is 1.06. The Hall–Kier alpha value is -0.770. The van der Waals surface area contributed by atoms with Crippen molar-refractivity contribution in [3.05, 3.63) is 0 Å². The van der Waals surface area contributed by atoms with Crippen molar-refractivity contribution < 1.29 is 9.53 Å². The number of nitrogens with zero attached hydrogens (tertiary/aromatic N) is 1. The van der Waals surface area contributed by atoms with E-state index in [1.54, 1.807) is 0 Å². The molecule has 1 aliphatic carbocycles. The molecule has 0 spiro atoms. The molecule has 15 heavy (non-hydrogen) atoms. The summed E-state index contributed by atoms with van der Waals surface area (Å²) in [5, 5.41) is 0. The zero-order valence-corrected chi connectivity index (χ0v) is 9.69. The first-order chi connectivity index (χ1) is 6.92. The van der Waals surface area contributed by atoms with Crippen LogP contribution in [0.4, 0.5) is 4.79 Å². The van der Waals surface area contributed by atoms with E-state index in [1.165, 1.54) is 0 Å². The van der Waals surface area contributed by atoms with Crippen LogP contribution in [-0.2, 0) is 4.74 Å². The molecule has 1 amide bonds. The third-order valence-corrected chi connectivity index (χ3v) is 3.30. The molecule has 0 bridgehead atoms. The highest BCUT2D eigenvalue weighted by atomic mass is 16.6. The van der Waals surface area contributed by atoms with E-state index in [0.29, 0.717) is 17.8 Å². The quantitative estimate of drug-likeness (QED) is 0.707. The van der Waals surface area contributed by atoms with E-state index in [1.807, 2.05) is 25.7 Å². The average Bonchev–Trinajstić information content (AvgIpc) is 2.54. The number of piperidine rings is 1. The first-order valence-electron chi connectivity index (χ1n) is 5.60. The molecule has 0 radical (unpaired) electrons. The Labute approximate surface area is 90.8 Å². The lowest BCUT2D eigenvalue weighted by Crippen LogP contribution is -2.37. The van der Waals surface area contributed by atoms with Crippen LogP contribution in [-0.4, -0.2) is 36.2 Å². The Kier molecular flexibility index (Phi) is 2.41. The number of hydrogen-bond acceptors (Lipinski definition) is 3. The van der Waals surface area contributed by atoms with Crippen LogP contribution in [0.1, 0.15) is 20.8 Å². The second-order valence-corrected chi connectivity index (χ2v) is 5.61. The topological polar surface area (TPSA) is 55.6 Å². The van der Waals surface area contributed by atoms with Crippen LogP contribution >= 0.6 is 0 Å². The number of carbonyl (C=O) groups excluding carboxylic acids is 1. The van der Waals surface area contributed by atoms with E-state index < -0.39 is 5.60 Å². The Morgan fingerprint density at radius 1 is 1.40 bits per heavy atom. The molecule has 0 aromatic heterocycles. The maximum Gasteiger partial charge on any atom is 0.410 e. The molecule has 0 unspecified atom stereocenters. The van der Waals surface area contributed by atoms with E-state index in [0.717, 1.165) is 19.6 Å². The molecule has 0 aromatic rings. The molecule has 2 fully saturated rings. The van der Waals surface area contributed by atoms with Crippen molar-refractivity contribution >= 4 is 6.09 Å². The highest BCUT2D eigenvalue weighted by molar-refractivity contribution is 5.68. The van der Waals surface area contributed by atoms with Gasteiger partial charge >= 0.3 is 6.09 Å². The summed E-state index contributed by atoms with van der Waals surface area (Å²) in [7, 11) is 0. The van der Waals surface area contributed by atoms with Crippen molar-refractivity contribution in [1.29, 1.82) is 0 Å². The molecule has 0 aromatic carbocycles. The molecule has 86 valence electrons. The van der Waals surface area contributed by atoms with Crippen molar-refractivity contribution in [1.82, 2.24) is 4.90 Å². The largest absolute Gasteiger partial charge is 0.444 e. The lowest BCUT2D eigenvalue weighted by Gasteiger charge is -2.25. The Balaban J connectivity index is 1.82. The maximum absolute atomic E-state index is 11.7. The summed E-state index contributed by atoms with van der Waals surface area (Å²) in [6.45, 7) is 8.11. The number of hydrogen-bond donors (Lipinski definition) is 1. The monoisotopic (exact) mass is 212 g/mol. The molecule has 2 rings (SSSR count). The number of amides is 1. The minimum Gasteiger partial charge on any atom is -0.444 e. The maximum atomic E-state index is 11.7. The number of ether oxygens (including phenoxy) is 1. The summed E-state index contributed by atoms with van der Waals surface area (Å²) in [6.07, 6.45) is -0.175. The van der Waals surface area contributed by atoms with E-state index in [2.05, 4.69) is 0 Å². The minimum absolute atomic E-state index is 0.175. The summed E-state index contributed by atoms with van der Waals surface area (Å²) in [4.78, 5) is 13.5. The third kappa shape index (κ3) is 2.09. The summed E-state index contributed by atoms with van der Waals surface area (Å²) in [6, 6.07) is 0. The first-order valence-corrected chi connectivity index (χ1v) is 5.60. The van der Waals surface area contributed by atoms with Gasteiger partial charge in [-0.2, -0.15) is 0 Å². The molecule has 1 heterocycles. The zero-order chi connectivity index (χ0) is 11.2. The number of rotatable bonds is 1. The molecular formula is C11H20N2O2. The van der Waals surface area contributed by atoms with Crippen molar-refractivity contribution in [3.63, 3.8) is 0 Å². The van der Waals surface area contributed by atoms with Crippen LogP contribution in [0.2, 0.25) is 0 Å². The Morgan fingerprint density at radius 2 is 1.93 bits per heavy atom. The van der Waals surface area contributed by atoms with Gasteiger partial charge in [0.1, 0.15) is 5.60 Å². The molecule has 4 nitrogen and oxygen atoms in total. The second kappa shape index (κ2) is 3.37. The highest BCUT2D eigenvalue weighted by Crippen LogP contribution is 2.51. The van der Waals surface area contributed by atoms with Crippen LogP contribution in [0.3, 0.4) is 0 Å². The highest BCUT2D eigenvalue weighted by Gasteiger charge is 2.56. The van der Waals surface area contributed by atoms with Gasteiger partial charge in [-0.1, -0.05) is 0 Å². The van der Waals surface area contributed by atoms with Gasteiger partial charge in [0.05, 0.1) is 0 Å². The van der Waals surface area contributed by atoms with Crippen LogP contribution < -0.4 is 5.73 Å². The van der Waals surface area contributed by atoms with E-state index in [-0.39, 0.29) is 6.09 Å². The van der Waals surface area contributed by atoms with Gasteiger partial charge < -0.3 is 15.4 Å². The molecule has 3 atom stereocenters. The van der Waals surface area contributed by atoms with Gasteiger partial charge in [0.15, 0.2) is 0 Å². The average molecular weight is 212 g/mol. The van der Waals surface area contributed by atoms with E-state index >= 15 is 0 Å². The lowest BCUT2D eigenvalue weighted by molar-refractivity contribution is 0.0266. The van der Waals surface area contributed by atoms with Crippen molar-refractivity contribution in [2.75, 3.05) is 19.6 Å². The lowest BCUT2D eigenvalue weighted by atomic mass is 10.2. The van der Waals surface area contributed by atoms with Gasteiger partial charge in [0, 0.05) is 13.1 Å². The number of nitrogens with two attached hydrogens (primary N) is 1. The first kappa shape index (κ1) is 10.7. The Bertz CT molecular complexity index is 260. The molecule has 1 saturated heterocycles. The van der Waals surface area contributed by atoms with Crippen LogP contribution in [0.15, 0.2) is 0 Å². The number of carbonyl (C=O) groups is 1. The normalized spacial score (nSPS) is 33.9. The Morgan fingerprint density at radius 3 is 2.33 bits per heavy atom. The van der Waals surface area contributed by atoms with Gasteiger partial charge in [-0.15, -0.1) is 0 Å². The number of fused-ring (bicyclic) bond motifs is 1. The summed E-state index contributed by atoms with van der Waals surface area (Å²) >= 11 is 0. The summed E-state index contributed by atoms with van der Waals surface area (Å²) < 4.78 is 5.32. The fourth-order valence-electron chi connectivity index (χ4n) is 2.47. The van der Waals surface area contributed by atoms with Crippen molar-refractivity contribution in [3.8, 4) is 0 Å². The van der Waals surface area contributed by atoms with E-state index in [9.17, 15) is 4.79 Å². The van der Waals surface area contributed by atoms with E-state index in [4.69, 9.17) is 10.5 Å². The van der Waals surface area contributed by atoms with Gasteiger partial charge in [-0.25, -0.2) is 4.79 Å². The number of likely N-dealkylation sites (tertiary alicyclic amines) is 1. The van der Waals surface area contributed by atoms with Crippen LogP contribution in [0, 0.1) is 17.8 Å². The third-order valence-electron chi connectivity index (χ3n) is 3.30. The SMILES string of the molecule is CC(C)(C)OC(=O)N1C[C@@H]2[C@@H](CN)[C@@H]2C1. The predicted molar refractivity (Wildman–Crippen MR) is 57.3 cm³/mol. The standard InChI is InChI=1S/C11H20N2O2/c1-11(2,3)15-10(14)13-5-8-7(4-12)9(8)6-13/h7-9H,4-6,12H2,1-3H3/t7-,8-,9+. The summed E-state index contributed by atoms with van der Waals surface area (Å²) in [5.74, 6) is 1.94. The molecule has 1 saturated carbocycles. The van der Waals surface area contributed by atoms with Gasteiger partial charge in [-0.05, 0) is 45.1 Å². The fourth-order valence-corrected chi connectivity index (χ4v) is 2.47. The zero-order valence-electron chi connectivity index (χ0n) is 9.69. The summed E-state index contributed by atoms with van der Waals surface area (Å²) in [5.41, 5.74) is 5.22. The van der Waals surface area contributed by atoms with Gasteiger partial charge in [0.25, 0.3) is 0 Å². The fraction of sp³-hybridized carbons (Fsp3) is 0.909. The van der Waals surface area contributed by atoms with Crippen molar-refractivity contribution in [2.45, 2.75) is 26.4 Å². The minimum atomic E-state index is -0.392. The van der Waals surface area contributed by atoms with Gasteiger partial charge in [-0.3, -0.25) is 0 Å². The molecule has 2 aliphatic rings. The van der Waals surface area contributed by atoms with Crippen molar-refractivity contribution in [2.24, 2.45) is 23.5 Å². The second-order valence-electron chi connectivity index (χ2n) is 5.61. The molecule has 1 aliphatic heterocycles. The van der Waals surface area contributed by atoms with Gasteiger partial charge in [0.2, 0.25) is 0 Å². The molecular weight excluding hydrogens is 192 g/mol. The molecule has 4 heteroatoms. The molecule has 2 N–H and O–H groups in total. The van der Waals surface area contributed by atoms with Crippen LogP contribution in [0.25, 0.3) is 0 Å².